The second-order valence-corrected chi connectivity index (χ2v) is 7.11. The maximum atomic E-state index is 10.8. The molecule has 0 bridgehead atoms. The third-order valence-corrected chi connectivity index (χ3v) is 5.50. The van der Waals surface area contributed by atoms with Crippen molar-refractivity contribution in [2.24, 2.45) is 11.3 Å². The highest BCUT2D eigenvalue weighted by Crippen LogP contribution is 2.53. The lowest BCUT2D eigenvalue weighted by Gasteiger charge is -2.21. The van der Waals surface area contributed by atoms with Gasteiger partial charge in [-0.25, -0.2) is 4.98 Å². The molecule has 0 aliphatic heterocycles. The number of carboxylic acid groups (broad SMARTS) is 1. The van der Waals surface area contributed by atoms with Gasteiger partial charge in [0.25, 0.3) is 0 Å². The van der Waals surface area contributed by atoms with E-state index in [-0.39, 0.29) is 5.75 Å². The van der Waals surface area contributed by atoms with Gasteiger partial charge in [0.05, 0.1) is 16.8 Å². The van der Waals surface area contributed by atoms with Crippen molar-refractivity contribution in [2.75, 3.05) is 5.75 Å². The van der Waals surface area contributed by atoms with Crippen molar-refractivity contribution in [1.82, 2.24) is 9.55 Å². The van der Waals surface area contributed by atoms with Gasteiger partial charge in [0.1, 0.15) is 0 Å². The molecule has 0 atom stereocenters. The second kappa shape index (κ2) is 5.37. The second-order valence-electron chi connectivity index (χ2n) is 6.17. The number of benzene rings is 1. The molecule has 0 amide bonds. The van der Waals surface area contributed by atoms with Gasteiger partial charge in [0.2, 0.25) is 0 Å². The highest BCUT2D eigenvalue weighted by atomic mass is 32.2. The Kier molecular flexibility index (Phi) is 3.69. The highest BCUT2D eigenvalue weighted by molar-refractivity contribution is 7.99. The van der Waals surface area contributed by atoms with Gasteiger partial charge in [-0.3, -0.25) is 4.79 Å². The fraction of sp³-hybridized carbons (Fsp3) is 0.500. The molecule has 0 spiro atoms. The number of nitrogens with zero attached hydrogens (tertiary/aromatic N) is 2. The number of hydrogen-bond acceptors (Lipinski definition) is 3. The molecule has 0 unspecified atom stereocenters. The van der Waals surface area contributed by atoms with Crippen molar-refractivity contribution in [1.29, 1.82) is 0 Å². The van der Waals surface area contributed by atoms with Gasteiger partial charge in [-0.15, -0.1) is 0 Å². The molecule has 2 aromatic rings. The van der Waals surface area contributed by atoms with Gasteiger partial charge in [-0.2, -0.15) is 0 Å². The summed E-state index contributed by atoms with van der Waals surface area (Å²) in [6.45, 7) is 5.49. The Labute approximate surface area is 128 Å². The molecular formula is C16H20N2O2S. The zero-order valence-electron chi connectivity index (χ0n) is 12.4. The minimum Gasteiger partial charge on any atom is -0.481 e. The number of aliphatic carboxylic acids is 1. The number of hydrogen-bond donors (Lipinski definition) is 1. The van der Waals surface area contributed by atoms with E-state index in [0.717, 1.165) is 22.7 Å². The molecule has 1 fully saturated rings. The summed E-state index contributed by atoms with van der Waals surface area (Å²) in [4.78, 5) is 15.5. The number of imidazole rings is 1. The average molecular weight is 304 g/mol. The predicted molar refractivity (Wildman–Crippen MR) is 84.6 cm³/mol. The van der Waals surface area contributed by atoms with E-state index in [1.165, 1.54) is 24.6 Å². The summed E-state index contributed by atoms with van der Waals surface area (Å²) >= 11 is 1.31. The van der Waals surface area contributed by atoms with Crippen LogP contribution in [-0.4, -0.2) is 26.4 Å². The largest absolute Gasteiger partial charge is 0.481 e. The Morgan fingerprint density at radius 2 is 2.14 bits per heavy atom. The van der Waals surface area contributed by atoms with Crippen molar-refractivity contribution < 1.29 is 9.90 Å². The molecule has 21 heavy (non-hydrogen) atoms. The average Bonchev–Trinajstić information content (AvgIpc) is 3.15. The lowest BCUT2D eigenvalue weighted by atomic mass is 9.92. The van der Waals surface area contributed by atoms with Gasteiger partial charge in [0, 0.05) is 6.54 Å². The molecule has 112 valence electrons. The van der Waals surface area contributed by atoms with Crippen molar-refractivity contribution in [3.63, 3.8) is 0 Å². The molecule has 1 saturated carbocycles. The molecule has 0 saturated heterocycles. The van der Waals surface area contributed by atoms with E-state index >= 15 is 0 Å². The van der Waals surface area contributed by atoms with Crippen LogP contribution in [-0.2, 0) is 11.3 Å². The smallest absolute Gasteiger partial charge is 0.313 e. The van der Waals surface area contributed by atoms with Crippen LogP contribution in [0.3, 0.4) is 0 Å². The van der Waals surface area contributed by atoms with E-state index in [2.05, 4.69) is 29.5 Å². The summed E-state index contributed by atoms with van der Waals surface area (Å²) < 4.78 is 2.22. The number of rotatable bonds is 6. The zero-order valence-corrected chi connectivity index (χ0v) is 13.2. The number of aromatic nitrogens is 2. The molecule has 1 aliphatic carbocycles. The Morgan fingerprint density at radius 1 is 1.43 bits per heavy atom. The van der Waals surface area contributed by atoms with Crippen LogP contribution in [0.25, 0.3) is 11.0 Å². The summed E-state index contributed by atoms with van der Waals surface area (Å²) in [6.07, 6.45) is 2.50. The maximum Gasteiger partial charge on any atom is 0.313 e. The summed E-state index contributed by atoms with van der Waals surface area (Å²) in [7, 11) is 0. The first-order valence-corrected chi connectivity index (χ1v) is 8.30. The quantitative estimate of drug-likeness (QED) is 0.828. The van der Waals surface area contributed by atoms with Crippen molar-refractivity contribution >= 4 is 28.8 Å². The van der Waals surface area contributed by atoms with Gasteiger partial charge in [0.15, 0.2) is 5.16 Å². The summed E-state index contributed by atoms with van der Waals surface area (Å²) in [5, 5.41) is 9.74. The standard InChI is InChI=1S/C16H20N2O2S/c1-11(2)16(7-8-16)10-18-13-6-4-3-5-12(13)17-15(18)21-9-14(19)20/h3-6,11H,7-10H2,1-2H3,(H,19,20). The molecule has 1 heterocycles. The normalized spacial score (nSPS) is 16.5. The van der Waals surface area contributed by atoms with Crippen LogP contribution in [0.4, 0.5) is 0 Å². The van der Waals surface area contributed by atoms with Crippen LogP contribution >= 0.6 is 11.8 Å². The molecule has 1 aliphatic rings. The van der Waals surface area contributed by atoms with E-state index in [1.807, 2.05) is 18.2 Å². The molecular weight excluding hydrogens is 284 g/mol. The Balaban J connectivity index is 1.97. The van der Waals surface area contributed by atoms with E-state index in [4.69, 9.17) is 5.11 Å². The van der Waals surface area contributed by atoms with Crippen LogP contribution in [0.15, 0.2) is 29.4 Å². The number of carboxylic acids is 1. The molecule has 0 radical (unpaired) electrons. The van der Waals surface area contributed by atoms with Crippen molar-refractivity contribution in [3.8, 4) is 0 Å². The van der Waals surface area contributed by atoms with Crippen molar-refractivity contribution in [2.45, 2.75) is 38.4 Å². The summed E-state index contributed by atoms with van der Waals surface area (Å²) in [5.74, 6) is -0.113. The number of para-hydroxylation sites is 2. The number of thioether (sulfide) groups is 1. The predicted octanol–water partition coefficient (Wildman–Crippen LogP) is 3.65. The molecule has 1 aromatic carbocycles. The van der Waals surface area contributed by atoms with Gasteiger partial charge < -0.3 is 9.67 Å². The molecule has 1 aromatic heterocycles. The van der Waals surface area contributed by atoms with E-state index in [9.17, 15) is 4.79 Å². The molecule has 1 N–H and O–H groups in total. The molecule has 5 heteroatoms. The monoisotopic (exact) mass is 304 g/mol. The Bertz CT molecular complexity index is 674. The molecule has 3 rings (SSSR count). The summed E-state index contributed by atoms with van der Waals surface area (Å²) in [5.41, 5.74) is 2.42. The zero-order chi connectivity index (χ0) is 15.0. The Morgan fingerprint density at radius 3 is 2.76 bits per heavy atom. The fourth-order valence-corrected chi connectivity index (χ4v) is 3.57. The van der Waals surface area contributed by atoms with Gasteiger partial charge in [-0.1, -0.05) is 37.7 Å². The fourth-order valence-electron chi connectivity index (χ4n) is 2.84. The van der Waals surface area contributed by atoms with Gasteiger partial charge in [-0.05, 0) is 36.3 Å². The van der Waals surface area contributed by atoms with Crippen LogP contribution in [0.5, 0.6) is 0 Å². The number of fused-ring (bicyclic) bond motifs is 1. The summed E-state index contributed by atoms with van der Waals surface area (Å²) in [6, 6.07) is 8.05. The third-order valence-electron chi connectivity index (χ3n) is 4.53. The van der Waals surface area contributed by atoms with E-state index in [1.54, 1.807) is 0 Å². The van der Waals surface area contributed by atoms with Crippen LogP contribution < -0.4 is 0 Å². The topological polar surface area (TPSA) is 55.1 Å². The van der Waals surface area contributed by atoms with Crippen LogP contribution in [0.1, 0.15) is 26.7 Å². The third kappa shape index (κ3) is 2.79. The SMILES string of the molecule is CC(C)C1(Cn2c(SCC(=O)O)nc3ccccc32)CC1. The minimum atomic E-state index is -0.802. The lowest BCUT2D eigenvalue weighted by Crippen LogP contribution is -2.18. The lowest BCUT2D eigenvalue weighted by molar-refractivity contribution is -0.133. The van der Waals surface area contributed by atoms with Gasteiger partial charge >= 0.3 is 5.97 Å². The first-order valence-electron chi connectivity index (χ1n) is 7.32. The molecule has 4 nitrogen and oxygen atoms in total. The minimum absolute atomic E-state index is 0.0536. The Hall–Kier alpha value is -1.49. The van der Waals surface area contributed by atoms with Crippen LogP contribution in [0, 0.1) is 11.3 Å². The number of carbonyl (C=O) groups is 1. The van der Waals surface area contributed by atoms with E-state index < -0.39 is 5.97 Å². The van der Waals surface area contributed by atoms with Crippen molar-refractivity contribution in [3.05, 3.63) is 24.3 Å². The highest BCUT2D eigenvalue weighted by Gasteiger charge is 2.46. The first kappa shape index (κ1) is 14.4. The first-order chi connectivity index (χ1) is 10.0. The van der Waals surface area contributed by atoms with Crippen LogP contribution in [0.2, 0.25) is 0 Å². The maximum absolute atomic E-state index is 10.8. The van der Waals surface area contributed by atoms with E-state index in [0.29, 0.717) is 11.3 Å².